The summed E-state index contributed by atoms with van der Waals surface area (Å²) in [6, 6.07) is 12.3. The number of halogens is 9. The number of alkyl halides is 9. The first-order valence-electron chi connectivity index (χ1n) is 13.4. The van der Waals surface area contributed by atoms with Gasteiger partial charge in [0.15, 0.2) is 0 Å². The van der Waals surface area contributed by atoms with Crippen LogP contribution in [0.2, 0.25) is 0 Å². The van der Waals surface area contributed by atoms with Crippen LogP contribution in [0.1, 0.15) is 30.7 Å². The van der Waals surface area contributed by atoms with Crippen molar-refractivity contribution in [3.63, 3.8) is 0 Å². The SMILES string of the molecule is Cc1cccc(CN2CC[C@H]3OCC[C@@]3(CCNc3ccccn3)C2)n1.O=C(O)C(F)(F)F.O=C(O)C(F)(F)F.O=C(O)C(F)(F)F. The van der Waals surface area contributed by atoms with Gasteiger partial charge in [-0.3, -0.25) is 9.88 Å². The van der Waals surface area contributed by atoms with Crippen molar-refractivity contribution in [1.29, 1.82) is 0 Å². The Balaban J connectivity index is 0.000000430. The van der Waals surface area contributed by atoms with Crippen LogP contribution in [0.3, 0.4) is 0 Å². The molecule has 264 valence electrons. The highest BCUT2D eigenvalue weighted by Crippen LogP contribution is 2.43. The number of hydrogen-bond acceptors (Lipinski definition) is 8. The molecule has 0 bridgehead atoms. The second-order valence-corrected chi connectivity index (χ2v) is 10.0. The van der Waals surface area contributed by atoms with Crippen LogP contribution in [-0.2, 0) is 25.7 Å². The predicted octanol–water partition coefficient (Wildman–Crippen LogP) is 5.17. The molecule has 2 aliphatic rings. The average molecular weight is 695 g/mol. The fourth-order valence-electron chi connectivity index (χ4n) is 4.46. The van der Waals surface area contributed by atoms with E-state index in [-0.39, 0.29) is 5.41 Å². The molecule has 0 saturated carbocycles. The van der Waals surface area contributed by atoms with Crippen LogP contribution < -0.4 is 5.32 Å². The highest BCUT2D eigenvalue weighted by Gasteiger charge is 2.47. The van der Waals surface area contributed by atoms with Gasteiger partial charge < -0.3 is 25.4 Å². The number of likely N-dealkylation sites (tertiary alicyclic amines) is 1. The van der Waals surface area contributed by atoms with Crippen LogP contribution in [0.4, 0.5) is 45.3 Å². The summed E-state index contributed by atoms with van der Waals surface area (Å²) in [5.74, 6) is -7.32. The number of anilines is 1. The Bertz CT molecular complexity index is 1240. The molecule has 2 aliphatic heterocycles. The van der Waals surface area contributed by atoms with Crippen LogP contribution in [0.5, 0.6) is 0 Å². The number of nitrogens with one attached hydrogen (secondary N) is 1. The number of pyridine rings is 2. The minimum Gasteiger partial charge on any atom is -0.475 e. The maximum atomic E-state index is 10.6. The van der Waals surface area contributed by atoms with Crippen LogP contribution in [0.25, 0.3) is 0 Å². The van der Waals surface area contributed by atoms with E-state index >= 15 is 0 Å². The third kappa shape index (κ3) is 15.3. The van der Waals surface area contributed by atoms with Crippen molar-refractivity contribution in [2.24, 2.45) is 5.41 Å². The number of aryl methyl sites for hydroxylation is 1. The molecule has 2 atom stereocenters. The van der Waals surface area contributed by atoms with E-state index in [1.54, 1.807) is 0 Å². The molecular weight excluding hydrogens is 663 g/mol. The molecule has 2 fully saturated rings. The van der Waals surface area contributed by atoms with E-state index in [1.165, 1.54) is 5.69 Å². The molecule has 47 heavy (non-hydrogen) atoms. The van der Waals surface area contributed by atoms with Crippen LogP contribution in [0, 0.1) is 12.3 Å². The van der Waals surface area contributed by atoms with E-state index in [0.29, 0.717) is 6.10 Å². The van der Waals surface area contributed by atoms with Gasteiger partial charge in [0.05, 0.1) is 11.8 Å². The number of fused-ring (bicyclic) bond motifs is 1. The number of ether oxygens (including phenoxy) is 1. The number of carbonyl (C=O) groups is 3. The van der Waals surface area contributed by atoms with Crippen LogP contribution >= 0.6 is 0 Å². The molecule has 0 spiro atoms. The van der Waals surface area contributed by atoms with Gasteiger partial charge in [0.1, 0.15) is 5.82 Å². The molecule has 4 N–H and O–H groups in total. The van der Waals surface area contributed by atoms with E-state index in [2.05, 4.69) is 45.3 Å². The zero-order chi connectivity index (χ0) is 36.1. The average Bonchev–Trinajstić information content (AvgIpc) is 3.36. The molecule has 4 rings (SSSR count). The molecule has 2 aromatic rings. The lowest BCUT2D eigenvalue weighted by atomic mass is 9.74. The van der Waals surface area contributed by atoms with Crippen LogP contribution in [0.15, 0.2) is 42.6 Å². The first kappa shape index (κ1) is 40.8. The second kappa shape index (κ2) is 17.6. The van der Waals surface area contributed by atoms with Gasteiger partial charge in [0.2, 0.25) is 0 Å². The summed E-state index contributed by atoms with van der Waals surface area (Å²) in [4.78, 5) is 38.3. The van der Waals surface area contributed by atoms with Crippen molar-refractivity contribution in [2.75, 3.05) is 31.6 Å². The zero-order valence-electron chi connectivity index (χ0n) is 24.5. The van der Waals surface area contributed by atoms with Gasteiger partial charge in [0, 0.05) is 50.1 Å². The Morgan fingerprint density at radius 1 is 0.915 bits per heavy atom. The molecule has 0 amide bonds. The third-order valence-corrected chi connectivity index (χ3v) is 6.50. The van der Waals surface area contributed by atoms with Gasteiger partial charge in [-0.2, -0.15) is 39.5 Å². The second-order valence-electron chi connectivity index (χ2n) is 10.0. The molecule has 2 saturated heterocycles. The summed E-state index contributed by atoms with van der Waals surface area (Å²) in [5, 5.41) is 24.8. The van der Waals surface area contributed by atoms with Crippen LogP contribution in [-0.4, -0.2) is 99.0 Å². The number of nitrogens with zero attached hydrogens (tertiary/aromatic N) is 3. The van der Waals surface area contributed by atoms with E-state index in [1.807, 2.05) is 24.4 Å². The molecule has 2 aromatic heterocycles. The zero-order valence-corrected chi connectivity index (χ0v) is 24.5. The van der Waals surface area contributed by atoms with E-state index in [4.69, 9.17) is 34.4 Å². The van der Waals surface area contributed by atoms with Gasteiger partial charge in [-0.05, 0) is 50.5 Å². The standard InChI is InChI=1S/C21H28N4O.3C2HF3O2/c1-17-5-4-6-18(24-17)15-25-13-8-19-21(16-25,10-14-26-19)9-12-23-20-7-2-3-11-22-20;3*3-2(4,5)1(6)7/h2-7,11,19H,8-10,12-16H2,1H3,(H,22,23);3*(H,6,7)/t19-,21+;;;/m1.../s1. The normalized spacial score (nSPS) is 19.3. The quantitative estimate of drug-likeness (QED) is 0.295. The lowest BCUT2D eigenvalue weighted by Gasteiger charge is -2.44. The number of aliphatic carboxylic acids is 3. The van der Waals surface area contributed by atoms with Crippen molar-refractivity contribution in [3.05, 3.63) is 54.0 Å². The largest absolute Gasteiger partial charge is 0.490 e. The lowest BCUT2D eigenvalue weighted by molar-refractivity contribution is -0.193. The van der Waals surface area contributed by atoms with Gasteiger partial charge in [-0.25, -0.2) is 19.4 Å². The molecule has 4 heterocycles. The summed E-state index contributed by atoms with van der Waals surface area (Å²) in [6.45, 7) is 7.01. The summed E-state index contributed by atoms with van der Waals surface area (Å²) in [7, 11) is 0. The Labute approximate surface area is 261 Å². The lowest BCUT2D eigenvalue weighted by Crippen LogP contribution is -2.50. The molecule has 11 nitrogen and oxygen atoms in total. The number of hydrogen-bond donors (Lipinski definition) is 4. The first-order chi connectivity index (χ1) is 21.6. The maximum absolute atomic E-state index is 10.6. The van der Waals surface area contributed by atoms with Crippen molar-refractivity contribution in [2.45, 2.75) is 57.4 Å². The summed E-state index contributed by atoms with van der Waals surface area (Å²) < 4.78 is 101. The van der Waals surface area contributed by atoms with Gasteiger partial charge in [-0.15, -0.1) is 0 Å². The maximum Gasteiger partial charge on any atom is 0.490 e. The van der Waals surface area contributed by atoms with Crippen molar-refractivity contribution < 1.29 is 74.0 Å². The van der Waals surface area contributed by atoms with Gasteiger partial charge in [-0.1, -0.05) is 12.1 Å². The smallest absolute Gasteiger partial charge is 0.475 e. The fraction of sp³-hybridized carbons (Fsp3) is 0.519. The minimum atomic E-state index is -5.08. The highest BCUT2D eigenvalue weighted by molar-refractivity contribution is 5.73. The Morgan fingerprint density at radius 2 is 1.47 bits per heavy atom. The molecule has 20 heteroatoms. The van der Waals surface area contributed by atoms with Gasteiger partial charge >= 0.3 is 36.4 Å². The number of carboxylic acids is 3. The number of rotatable bonds is 6. The predicted molar refractivity (Wildman–Crippen MR) is 144 cm³/mol. The van der Waals surface area contributed by atoms with Gasteiger partial charge in [0.25, 0.3) is 0 Å². The highest BCUT2D eigenvalue weighted by atomic mass is 19.4. The van der Waals surface area contributed by atoms with Crippen molar-refractivity contribution in [1.82, 2.24) is 14.9 Å². The van der Waals surface area contributed by atoms with Crippen molar-refractivity contribution in [3.8, 4) is 0 Å². The summed E-state index contributed by atoms with van der Waals surface area (Å²) in [5.41, 5.74) is 2.52. The third-order valence-electron chi connectivity index (χ3n) is 6.50. The Kier molecular flexibility index (Phi) is 15.3. The first-order valence-corrected chi connectivity index (χ1v) is 13.4. The minimum absolute atomic E-state index is 0.254. The van der Waals surface area contributed by atoms with E-state index in [9.17, 15) is 39.5 Å². The number of aromatic nitrogens is 2. The molecule has 0 unspecified atom stereocenters. The fourth-order valence-corrected chi connectivity index (χ4v) is 4.46. The summed E-state index contributed by atoms with van der Waals surface area (Å²) >= 11 is 0. The Hall–Kier alpha value is -4.20. The number of carboxylic acid groups (broad SMARTS) is 3. The number of piperidine rings is 1. The van der Waals surface area contributed by atoms with E-state index < -0.39 is 36.4 Å². The van der Waals surface area contributed by atoms with Crippen molar-refractivity contribution >= 4 is 23.7 Å². The monoisotopic (exact) mass is 694 g/mol. The molecule has 0 aliphatic carbocycles. The van der Waals surface area contributed by atoms with E-state index in [0.717, 1.165) is 63.6 Å². The Morgan fingerprint density at radius 3 is 1.94 bits per heavy atom. The summed E-state index contributed by atoms with van der Waals surface area (Å²) in [6.07, 6.45) is -9.63. The molecular formula is C27H31F9N4O7. The molecule has 0 aromatic carbocycles. The topological polar surface area (TPSA) is 162 Å². The molecule has 0 radical (unpaired) electrons.